The molecule has 0 atom stereocenters. The summed E-state index contributed by atoms with van der Waals surface area (Å²) in [4.78, 5) is 12.8. The maximum atomic E-state index is 13.0. The number of hydrogen-bond acceptors (Lipinski definition) is 7. The summed E-state index contributed by atoms with van der Waals surface area (Å²) < 4.78 is 60.4. The molecule has 0 spiro atoms. The van der Waals surface area contributed by atoms with Gasteiger partial charge in [-0.25, -0.2) is 0 Å². The molecule has 0 radical (unpaired) electrons. The van der Waals surface area contributed by atoms with E-state index in [0.717, 1.165) is 17.7 Å². The Balaban J connectivity index is 1.37. The number of carbonyl (C=O) groups excluding carboxylic acids is 1. The van der Waals surface area contributed by atoms with E-state index in [2.05, 4.69) is 10.5 Å². The van der Waals surface area contributed by atoms with Gasteiger partial charge in [-0.15, -0.1) is 0 Å². The second-order valence-corrected chi connectivity index (χ2v) is 7.38. The number of nitrogen functional groups attached to an aromatic ring is 1. The number of nitrogens with two attached hydrogens (primary N) is 1. The average molecular weight is 471 g/mol. The van der Waals surface area contributed by atoms with E-state index in [1.165, 1.54) is 24.3 Å². The molecule has 0 saturated heterocycles. The maximum Gasteiger partial charge on any atom is 0.416 e. The summed E-state index contributed by atoms with van der Waals surface area (Å²) in [7, 11) is 0. The molecule has 1 aliphatic heterocycles. The first-order valence-electron chi connectivity index (χ1n) is 9.99. The van der Waals surface area contributed by atoms with Crippen molar-refractivity contribution in [2.24, 2.45) is 0 Å². The Hall–Kier alpha value is -4.41. The van der Waals surface area contributed by atoms with Crippen LogP contribution >= 0.6 is 0 Å². The summed E-state index contributed by atoms with van der Waals surface area (Å²) in [6, 6.07) is 12.9. The fourth-order valence-corrected chi connectivity index (χ4v) is 3.48. The number of nitrogens with zero attached hydrogens (tertiary/aromatic N) is 1. The Labute approximate surface area is 190 Å². The lowest BCUT2D eigenvalue weighted by atomic mass is 10.1. The van der Waals surface area contributed by atoms with Crippen LogP contribution in [0.1, 0.15) is 21.5 Å². The average Bonchev–Trinajstić information content (AvgIpc) is 3.56. The molecule has 34 heavy (non-hydrogen) atoms. The number of rotatable bonds is 5. The number of aromatic nitrogens is 1. The third kappa shape index (κ3) is 4.03. The highest BCUT2D eigenvalue weighted by Crippen LogP contribution is 2.36. The van der Waals surface area contributed by atoms with Gasteiger partial charge < -0.3 is 29.5 Å². The van der Waals surface area contributed by atoms with Crippen LogP contribution in [0.5, 0.6) is 11.5 Å². The smallest absolute Gasteiger partial charge is 0.416 e. The SMILES string of the molecule is Nc1onc(-c2ccc(-c3cccc(C(F)(F)F)c3)o2)c1C(=O)NCc1ccc2c(c1)OCO2. The molecule has 0 bridgehead atoms. The van der Waals surface area contributed by atoms with Crippen molar-refractivity contribution in [3.8, 4) is 34.3 Å². The van der Waals surface area contributed by atoms with Crippen LogP contribution in [-0.2, 0) is 12.7 Å². The van der Waals surface area contributed by atoms with E-state index in [0.29, 0.717) is 11.5 Å². The number of nitrogens with one attached hydrogen (secondary N) is 1. The van der Waals surface area contributed by atoms with Crippen molar-refractivity contribution in [3.63, 3.8) is 0 Å². The number of halogens is 3. The van der Waals surface area contributed by atoms with Gasteiger partial charge >= 0.3 is 6.18 Å². The second-order valence-electron chi connectivity index (χ2n) is 7.38. The van der Waals surface area contributed by atoms with Gasteiger partial charge in [0, 0.05) is 12.1 Å². The van der Waals surface area contributed by atoms with Gasteiger partial charge in [0.05, 0.1) is 5.56 Å². The van der Waals surface area contributed by atoms with Gasteiger partial charge in [0.15, 0.2) is 23.0 Å². The highest BCUT2D eigenvalue weighted by molar-refractivity contribution is 6.03. The predicted molar refractivity (Wildman–Crippen MR) is 113 cm³/mol. The molecule has 4 aromatic rings. The molecule has 2 aromatic carbocycles. The molecule has 1 amide bonds. The van der Waals surface area contributed by atoms with E-state index >= 15 is 0 Å². The number of carbonyl (C=O) groups is 1. The lowest BCUT2D eigenvalue weighted by molar-refractivity contribution is -0.137. The predicted octanol–water partition coefficient (Wildman–Crippen LogP) is 4.86. The summed E-state index contributed by atoms with van der Waals surface area (Å²) in [5, 5.41) is 6.53. The molecule has 174 valence electrons. The van der Waals surface area contributed by atoms with Crippen LogP contribution in [0.4, 0.5) is 19.1 Å². The third-order valence-corrected chi connectivity index (χ3v) is 5.15. The highest BCUT2D eigenvalue weighted by Gasteiger charge is 2.31. The van der Waals surface area contributed by atoms with Gasteiger partial charge in [-0.1, -0.05) is 23.4 Å². The van der Waals surface area contributed by atoms with Crippen molar-refractivity contribution in [1.82, 2.24) is 10.5 Å². The molecule has 11 heteroatoms. The Morgan fingerprint density at radius 2 is 1.82 bits per heavy atom. The van der Waals surface area contributed by atoms with Crippen molar-refractivity contribution < 1.29 is 36.4 Å². The van der Waals surface area contributed by atoms with Crippen LogP contribution in [0.15, 0.2) is 63.5 Å². The Morgan fingerprint density at radius 1 is 1.03 bits per heavy atom. The molecule has 8 nitrogen and oxygen atoms in total. The second kappa shape index (κ2) is 8.18. The Kier molecular flexibility index (Phi) is 5.16. The third-order valence-electron chi connectivity index (χ3n) is 5.15. The Bertz CT molecular complexity index is 1380. The molecule has 0 saturated carbocycles. The largest absolute Gasteiger partial charge is 0.454 e. The van der Waals surface area contributed by atoms with Crippen LogP contribution in [-0.4, -0.2) is 17.9 Å². The van der Waals surface area contributed by atoms with Crippen LogP contribution < -0.4 is 20.5 Å². The zero-order valence-corrected chi connectivity index (χ0v) is 17.3. The summed E-state index contributed by atoms with van der Waals surface area (Å²) in [5.41, 5.74) is 5.96. The van der Waals surface area contributed by atoms with Crippen molar-refractivity contribution in [2.75, 3.05) is 12.5 Å². The number of benzene rings is 2. The molecule has 5 rings (SSSR count). The van der Waals surface area contributed by atoms with Gasteiger partial charge in [0.2, 0.25) is 12.7 Å². The van der Waals surface area contributed by atoms with Crippen LogP contribution in [0, 0.1) is 0 Å². The number of furan rings is 1. The summed E-state index contributed by atoms with van der Waals surface area (Å²) >= 11 is 0. The molecule has 3 N–H and O–H groups in total. The molecular formula is C23H16F3N3O5. The number of ether oxygens (including phenoxy) is 2. The number of amides is 1. The van der Waals surface area contributed by atoms with Crippen molar-refractivity contribution >= 4 is 11.8 Å². The number of fused-ring (bicyclic) bond motifs is 1. The van der Waals surface area contributed by atoms with Crippen LogP contribution in [0.2, 0.25) is 0 Å². The van der Waals surface area contributed by atoms with E-state index < -0.39 is 17.6 Å². The minimum Gasteiger partial charge on any atom is -0.454 e. The minimum atomic E-state index is -4.49. The molecule has 3 heterocycles. The van der Waals surface area contributed by atoms with Gasteiger partial charge in [-0.2, -0.15) is 13.2 Å². The van der Waals surface area contributed by atoms with Gasteiger partial charge in [0.1, 0.15) is 11.3 Å². The van der Waals surface area contributed by atoms with E-state index in [1.54, 1.807) is 18.2 Å². The Morgan fingerprint density at radius 3 is 2.65 bits per heavy atom. The molecule has 0 fully saturated rings. The summed E-state index contributed by atoms with van der Waals surface area (Å²) in [6.45, 7) is 0.296. The van der Waals surface area contributed by atoms with Gasteiger partial charge in [0.25, 0.3) is 5.91 Å². The quantitative estimate of drug-likeness (QED) is 0.427. The molecule has 2 aromatic heterocycles. The van der Waals surface area contributed by atoms with Crippen molar-refractivity contribution in [3.05, 3.63) is 71.3 Å². The van der Waals surface area contributed by atoms with Crippen LogP contribution in [0.3, 0.4) is 0 Å². The zero-order chi connectivity index (χ0) is 23.9. The standard InChI is InChI=1S/C23H16F3N3O5/c24-23(25,26)14-3-1-2-13(9-14)15-6-7-17(33-15)20-19(21(27)34-29-20)22(30)28-10-12-4-5-16-18(8-12)32-11-31-16/h1-9H,10-11,27H2,(H,28,30). The van der Waals surface area contributed by atoms with Crippen LogP contribution in [0.25, 0.3) is 22.8 Å². The topological polar surface area (TPSA) is 113 Å². The monoisotopic (exact) mass is 471 g/mol. The fourth-order valence-electron chi connectivity index (χ4n) is 3.48. The first-order chi connectivity index (χ1) is 16.3. The lowest BCUT2D eigenvalue weighted by Crippen LogP contribution is -2.23. The van der Waals surface area contributed by atoms with E-state index in [9.17, 15) is 18.0 Å². The molecular weight excluding hydrogens is 455 g/mol. The fraction of sp³-hybridized carbons (Fsp3) is 0.130. The maximum absolute atomic E-state index is 13.0. The first-order valence-corrected chi connectivity index (χ1v) is 9.99. The van der Waals surface area contributed by atoms with Gasteiger partial charge in [-0.3, -0.25) is 4.79 Å². The van der Waals surface area contributed by atoms with E-state index in [-0.39, 0.29) is 47.6 Å². The van der Waals surface area contributed by atoms with E-state index in [4.69, 9.17) is 24.1 Å². The molecule has 1 aliphatic rings. The highest BCUT2D eigenvalue weighted by atomic mass is 19.4. The number of alkyl halides is 3. The van der Waals surface area contributed by atoms with Crippen molar-refractivity contribution in [1.29, 1.82) is 0 Å². The minimum absolute atomic E-state index is 0.0268. The van der Waals surface area contributed by atoms with Gasteiger partial charge in [-0.05, 0) is 42.0 Å². The number of hydrogen-bond donors (Lipinski definition) is 2. The first kappa shape index (κ1) is 21.4. The normalized spacial score (nSPS) is 12.7. The summed E-state index contributed by atoms with van der Waals surface area (Å²) in [5.74, 6) is 0.679. The lowest BCUT2D eigenvalue weighted by Gasteiger charge is -2.07. The van der Waals surface area contributed by atoms with E-state index in [1.807, 2.05) is 0 Å². The van der Waals surface area contributed by atoms with Crippen molar-refractivity contribution in [2.45, 2.75) is 12.7 Å². The summed E-state index contributed by atoms with van der Waals surface area (Å²) in [6.07, 6.45) is -4.49. The molecule has 0 unspecified atom stereocenters. The number of anilines is 1. The molecule has 0 aliphatic carbocycles. The zero-order valence-electron chi connectivity index (χ0n) is 17.3.